The standard InChI is InChI=1S/C11H16N4S/c1-9(11-4-6-14-15(11)2)12-5-3-10-7-16-8-13-10/h4,6-9,12H,3,5H2,1-2H3. The molecule has 16 heavy (non-hydrogen) atoms. The number of nitrogens with zero attached hydrogens (tertiary/aromatic N) is 3. The first-order valence-electron chi connectivity index (χ1n) is 5.35. The fraction of sp³-hybridized carbons (Fsp3) is 0.455. The van der Waals surface area contributed by atoms with E-state index < -0.39 is 0 Å². The summed E-state index contributed by atoms with van der Waals surface area (Å²) in [7, 11) is 1.97. The largest absolute Gasteiger partial charge is 0.308 e. The van der Waals surface area contributed by atoms with Crippen LogP contribution in [0, 0.1) is 0 Å². The monoisotopic (exact) mass is 236 g/mol. The van der Waals surface area contributed by atoms with Crippen LogP contribution in [-0.2, 0) is 13.5 Å². The molecule has 0 bridgehead atoms. The van der Waals surface area contributed by atoms with E-state index in [9.17, 15) is 0 Å². The van der Waals surface area contributed by atoms with Crippen molar-refractivity contribution in [1.82, 2.24) is 20.1 Å². The summed E-state index contributed by atoms with van der Waals surface area (Å²) in [6.07, 6.45) is 2.81. The normalized spacial score (nSPS) is 12.9. The molecule has 0 saturated heterocycles. The Bertz CT molecular complexity index is 421. The van der Waals surface area contributed by atoms with Crippen LogP contribution in [0.4, 0.5) is 0 Å². The van der Waals surface area contributed by atoms with Crippen molar-refractivity contribution in [3.05, 3.63) is 34.5 Å². The predicted octanol–water partition coefficient (Wildman–Crippen LogP) is 1.77. The quantitative estimate of drug-likeness (QED) is 0.860. The number of thiazole rings is 1. The van der Waals surface area contributed by atoms with Crippen LogP contribution in [0.5, 0.6) is 0 Å². The molecule has 0 amide bonds. The van der Waals surface area contributed by atoms with Gasteiger partial charge in [0.1, 0.15) is 0 Å². The molecule has 0 saturated carbocycles. The van der Waals surface area contributed by atoms with Crippen LogP contribution in [0.1, 0.15) is 24.4 Å². The average molecular weight is 236 g/mol. The molecule has 2 rings (SSSR count). The SMILES string of the molecule is CC(NCCc1cscn1)c1ccnn1C. The van der Waals surface area contributed by atoms with Gasteiger partial charge in [-0.15, -0.1) is 11.3 Å². The molecule has 0 aliphatic heterocycles. The van der Waals surface area contributed by atoms with E-state index in [0.29, 0.717) is 6.04 Å². The van der Waals surface area contributed by atoms with Crippen molar-refractivity contribution in [3.63, 3.8) is 0 Å². The highest BCUT2D eigenvalue weighted by Crippen LogP contribution is 2.10. The van der Waals surface area contributed by atoms with Crippen molar-refractivity contribution < 1.29 is 0 Å². The lowest BCUT2D eigenvalue weighted by Gasteiger charge is -2.13. The Kier molecular flexibility index (Phi) is 3.69. The Labute approximate surface area is 99.3 Å². The van der Waals surface area contributed by atoms with Crippen molar-refractivity contribution >= 4 is 11.3 Å². The third-order valence-electron chi connectivity index (χ3n) is 2.62. The van der Waals surface area contributed by atoms with Gasteiger partial charge in [0.25, 0.3) is 0 Å². The molecule has 86 valence electrons. The molecule has 1 N–H and O–H groups in total. The minimum atomic E-state index is 0.325. The van der Waals surface area contributed by atoms with Gasteiger partial charge in [-0.25, -0.2) is 4.98 Å². The molecular formula is C11H16N4S. The van der Waals surface area contributed by atoms with Gasteiger partial charge in [0.2, 0.25) is 0 Å². The number of hydrogen-bond donors (Lipinski definition) is 1. The van der Waals surface area contributed by atoms with Gasteiger partial charge in [-0.3, -0.25) is 4.68 Å². The second-order valence-electron chi connectivity index (χ2n) is 3.79. The van der Waals surface area contributed by atoms with Crippen LogP contribution in [0.3, 0.4) is 0 Å². The number of nitrogens with one attached hydrogen (secondary N) is 1. The summed E-state index contributed by atoms with van der Waals surface area (Å²) in [5.41, 5.74) is 4.24. The van der Waals surface area contributed by atoms with E-state index in [0.717, 1.165) is 18.7 Å². The lowest BCUT2D eigenvalue weighted by Crippen LogP contribution is -2.23. The van der Waals surface area contributed by atoms with Crippen LogP contribution in [0.15, 0.2) is 23.2 Å². The summed E-state index contributed by atoms with van der Waals surface area (Å²) >= 11 is 1.65. The topological polar surface area (TPSA) is 42.7 Å². The molecule has 1 unspecified atom stereocenters. The van der Waals surface area contributed by atoms with Crippen LogP contribution in [-0.4, -0.2) is 21.3 Å². The van der Waals surface area contributed by atoms with Gasteiger partial charge in [0.05, 0.1) is 16.9 Å². The third kappa shape index (κ3) is 2.68. The number of aryl methyl sites for hydroxylation is 1. The minimum Gasteiger partial charge on any atom is -0.308 e. The molecule has 2 aromatic heterocycles. The second-order valence-corrected chi connectivity index (χ2v) is 4.50. The number of hydrogen-bond acceptors (Lipinski definition) is 4. The van der Waals surface area contributed by atoms with Gasteiger partial charge >= 0.3 is 0 Å². The smallest absolute Gasteiger partial charge is 0.0794 e. The van der Waals surface area contributed by atoms with Crippen molar-refractivity contribution in [3.8, 4) is 0 Å². The van der Waals surface area contributed by atoms with Crippen LogP contribution < -0.4 is 5.32 Å². The van der Waals surface area contributed by atoms with E-state index in [1.54, 1.807) is 11.3 Å². The fourth-order valence-corrected chi connectivity index (χ4v) is 2.28. The van der Waals surface area contributed by atoms with Crippen LogP contribution in [0.25, 0.3) is 0 Å². The van der Waals surface area contributed by atoms with E-state index in [4.69, 9.17) is 0 Å². The minimum absolute atomic E-state index is 0.325. The van der Waals surface area contributed by atoms with E-state index >= 15 is 0 Å². The molecule has 2 aromatic rings. The highest BCUT2D eigenvalue weighted by atomic mass is 32.1. The first-order chi connectivity index (χ1) is 7.77. The zero-order chi connectivity index (χ0) is 11.4. The van der Waals surface area contributed by atoms with Crippen LogP contribution >= 0.6 is 11.3 Å². The van der Waals surface area contributed by atoms with Gasteiger partial charge in [-0.2, -0.15) is 5.10 Å². The van der Waals surface area contributed by atoms with E-state index in [1.807, 2.05) is 29.5 Å². The Hall–Kier alpha value is -1.20. The zero-order valence-electron chi connectivity index (χ0n) is 9.55. The molecule has 0 aliphatic carbocycles. The summed E-state index contributed by atoms with van der Waals surface area (Å²) in [6.45, 7) is 3.09. The lowest BCUT2D eigenvalue weighted by molar-refractivity contribution is 0.531. The van der Waals surface area contributed by atoms with Crippen molar-refractivity contribution in [2.45, 2.75) is 19.4 Å². The second kappa shape index (κ2) is 5.23. The molecular weight excluding hydrogens is 220 g/mol. The van der Waals surface area contributed by atoms with Crippen molar-refractivity contribution in [2.75, 3.05) is 6.54 Å². The van der Waals surface area contributed by atoms with Crippen LogP contribution in [0.2, 0.25) is 0 Å². The molecule has 0 radical (unpaired) electrons. The van der Waals surface area contributed by atoms with Gasteiger partial charge in [-0.1, -0.05) is 0 Å². The van der Waals surface area contributed by atoms with E-state index in [2.05, 4.69) is 27.7 Å². The predicted molar refractivity (Wildman–Crippen MR) is 65.4 cm³/mol. The Morgan fingerprint density at radius 2 is 2.44 bits per heavy atom. The molecule has 0 aromatic carbocycles. The maximum Gasteiger partial charge on any atom is 0.0794 e. The molecule has 1 atom stereocenters. The summed E-state index contributed by atoms with van der Waals surface area (Å²) in [5, 5.41) is 9.72. The summed E-state index contributed by atoms with van der Waals surface area (Å²) in [6, 6.07) is 2.37. The average Bonchev–Trinajstić information content (AvgIpc) is 2.88. The first kappa shape index (κ1) is 11.3. The molecule has 0 spiro atoms. The fourth-order valence-electron chi connectivity index (χ4n) is 1.69. The maximum absolute atomic E-state index is 4.25. The van der Waals surface area contributed by atoms with Crippen molar-refractivity contribution in [2.24, 2.45) is 7.05 Å². The molecule has 0 fully saturated rings. The highest BCUT2D eigenvalue weighted by molar-refractivity contribution is 7.07. The summed E-state index contributed by atoms with van der Waals surface area (Å²) in [5.74, 6) is 0. The zero-order valence-corrected chi connectivity index (χ0v) is 10.4. The van der Waals surface area contributed by atoms with Crippen molar-refractivity contribution in [1.29, 1.82) is 0 Å². The maximum atomic E-state index is 4.25. The highest BCUT2D eigenvalue weighted by Gasteiger charge is 2.08. The Morgan fingerprint density at radius 1 is 1.56 bits per heavy atom. The Morgan fingerprint density at radius 3 is 3.06 bits per heavy atom. The van der Waals surface area contributed by atoms with Gasteiger partial charge in [0.15, 0.2) is 0 Å². The molecule has 2 heterocycles. The number of rotatable bonds is 5. The number of aromatic nitrogens is 3. The first-order valence-corrected chi connectivity index (χ1v) is 6.30. The Balaban J connectivity index is 1.80. The molecule has 4 nitrogen and oxygen atoms in total. The van der Waals surface area contributed by atoms with Gasteiger partial charge in [-0.05, 0) is 13.0 Å². The van der Waals surface area contributed by atoms with Gasteiger partial charge in [0, 0.05) is 37.6 Å². The van der Waals surface area contributed by atoms with E-state index in [1.165, 1.54) is 5.69 Å². The lowest BCUT2D eigenvalue weighted by atomic mass is 10.2. The third-order valence-corrected chi connectivity index (χ3v) is 3.25. The van der Waals surface area contributed by atoms with Gasteiger partial charge < -0.3 is 5.32 Å². The summed E-state index contributed by atoms with van der Waals surface area (Å²) < 4.78 is 1.90. The summed E-state index contributed by atoms with van der Waals surface area (Å²) in [4.78, 5) is 4.25. The molecule has 5 heteroatoms. The van der Waals surface area contributed by atoms with E-state index in [-0.39, 0.29) is 0 Å². The molecule has 0 aliphatic rings.